The minimum Gasteiger partial charge on any atom is -0.295 e. The lowest BCUT2D eigenvalue weighted by atomic mass is 10.1. The van der Waals surface area contributed by atoms with Crippen LogP contribution in [-0.2, 0) is 16.6 Å². The van der Waals surface area contributed by atoms with Gasteiger partial charge in [-0.15, -0.1) is 0 Å². The quantitative estimate of drug-likeness (QED) is 0.774. The fourth-order valence-corrected chi connectivity index (χ4v) is 2.86. The van der Waals surface area contributed by atoms with Crippen LogP contribution in [-0.4, -0.2) is 20.9 Å². The number of imide groups is 1. The van der Waals surface area contributed by atoms with Crippen LogP contribution in [0.5, 0.6) is 0 Å². The van der Waals surface area contributed by atoms with Crippen LogP contribution in [0.15, 0.2) is 23.0 Å². The third-order valence-electron chi connectivity index (χ3n) is 3.83. The Kier molecular flexibility index (Phi) is 2.74. The average molecular weight is 273 g/mol. The van der Waals surface area contributed by atoms with Crippen LogP contribution in [0.1, 0.15) is 24.4 Å². The van der Waals surface area contributed by atoms with Crippen molar-refractivity contribution in [3.05, 3.63) is 34.2 Å². The van der Waals surface area contributed by atoms with Crippen LogP contribution < -0.4 is 11.0 Å². The van der Waals surface area contributed by atoms with Crippen LogP contribution in [0.2, 0.25) is 0 Å². The van der Waals surface area contributed by atoms with E-state index in [1.54, 1.807) is 11.6 Å². The zero-order chi connectivity index (χ0) is 14.4. The first-order valence-electron chi connectivity index (χ1n) is 6.51. The van der Waals surface area contributed by atoms with Gasteiger partial charge in [0, 0.05) is 13.5 Å². The molecule has 6 heteroatoms. The van der Waals surface area contributed by atoms with E-state index in [0.717, 1.165) is 16.6 Å². The number of nitrogens with one attached hydrogen (secondary N) is 1. The predicted molar refractivity (Wildman–Crippen MR) is 73.3 cm³/mol. The second kappa shape index (κ2) is 4.33. The smallest absolute Gasteiger partial charge is 0.295 e. The number of aryl methyl sites for hydroxylation is 2. The van der Waals surface area contributed by atoms with Crippen molar-refractivity contribution in [3.8, 4) is 0 Å². The Morgan fingerprint density at radius 1 is 1.25 bits per heavy atom. The topological polar surface area (TPSA) is 73.1 Å². The van der Waals surface area contributed by atoms with Crippen LogP contribution in [0.3, 0.4) is 0 Å². The summed E-state index contributed by atoms with van der Waals surface area (Å²) >= 11 is 0. The Balaban J connectivity index is 2.25. The number of rotatable bonds is 1. The standard InChI is InChI=1S/C14H15N3O3/c1-8-4-3-5-9-12(8)16(2)14(20)17(9)10-6-7-11(18)15-13(10)19/h3-5,10H,6-7H2,1-2H3,(H,15,18,19). The van der Waals surface area contributed by atoms with Crippen molar-refractivity contribution in [1.82, 2.24) is 14.5 Å². The number of aromatic nitrogens is 2. The van der Waals surface area contributed by atoms with Crippen molar-refractivity contribution in [2.45, 2.75) is 25.8 Å². The van der Waals surface area contributed by atoms with Crippen LogP contribution in [0.4, 0.5) is 0 Å². The van der Waals surface area contributed by atoms with Gasteiger partial charge in [-0.2, -0.15) is 0 Å². The zero-order valence-corrected chi connectivity index (χ0v) is 11.3. The normalized spacial score (nSPS) is 19.4. The van der Waals surface area contributed by atoms with Gasteiger partial charge in [0.15, 0.2) is 0 Å². The summed E-state index contributed by atoms with van der Waals surface area (Å²) in [5, 5.41) is 2.30. The molecule has 3 rings (SSSR count). The summed E-state index contributed by atoms with van der Waals surface area (Å²) in [5.74, 6) is -0.687. The number of hydrogen-bond donors (Lipinski definition) is 1. The Morgan fingerprint density at radius 3 is 2.70 bits per heavy atom. The van der Waals surface area contributed by atoms with Crippen molar-refractivity contribution in [3.63, 3.8) is 0 Å². The molecule has 1 aromatic carbocycles. The lowest BCUT2D eigenvalue weighted by molar-refractivity contribution is -0.135. The lowest BCUT2D eigenvalue weighted by Gasteiger charge is -2.21. The number of hydrogen-bond acceptors (Lipinski definition) is 3. The highest BCUT2D eigenvalue weighted by molar-refractivity contribution is 6.00. The highest BCUT2D eigenvalue weighted by atomic mass is 16.2. The number of amides is 2. The average Bonchev–Trinajstić information content (AvgIpc) is 2.64. The second-order valence-corrected chi connectivity index (χ2v) is 5.12. The second-order valence-electron chi connectivity index (χ2n) is 5.12. The molecule has 0 radical (unpaired) electrons. The summed E-state index contributed by atoms with van der Waals surface area (Å²) in [4.78, 5) is 35.7. The maximum atomic E-state index is 12.4. The third kappa shape index (κ3) is 1.68. The molecule has 1 aromatic heterocycles. The fraction of sp³-hybridized carbons (Fsp3) is 0.357. The number of para-hydroxylation sites is 1. The van der Waals surface area contributed by atoms with Gasteiger partial charge in [-0.3, -0.25) is 24.0 Å². The van der Waals surface area contributed by atoms with Crippen molar-refractivity contribution in [1.29, 1.82) is 0 Å². The summed E-state index contributed by atoms with van der Waals surface area (Å²) in [7, 11) is 1.69. The van der Waals surface area contributed by atoms with Gasteiger partial charge >= 0.3 is 5.69 Å². The Labute approximate surface area is 115 Å². The minimum absolute atomic E-state index is 0.233. The number of carbonyl (C=O) groups excluding carboxylic acids is 2. The molecule has 1 saturated heterocycles. The molecular weight excluding hydrogens is 258 g/mol. The molecular formula is C14H15N3O3. The molecule has 0 bridgehead atoms. The van der Waals surface area contributed by atoms with Gasteiger partial charge in [0.05, 0.1) is 11.0 Å². The van der Waals surface area contributed by atoms with Gasteiger partial charge in [-0.1, -0.05) is 12.1 Å². The number of fused-ring (bicyclic) bond motifs is 1. The fourth-order valence-electron chi connectivity index (χ4n) is 2.86. The molecule has 1 unspecified atom stereocenters. The molecule has 20 heavy (non-hydrogen) atoms. The number of nitrogens with zero attached hydrogens (tertiary/aromatic N) is 2. The van der Waals surface area contributed by atoms with Crippen LogP contribution >= 0.6 is 0 Å². The van der Waals surface area contributed by atoms with E-state index in [9.17, 15) is 14.4 Å². The molecule has 1 aliphatic rings. The van der Waals surface area contributed by atoms with E-state index in [4.69, 9.17) is 0 Å². The van der Waals surface area contributed by atoms with E-state index >= 15 is 0 Å². The van der Waals surface area contributed by atoms with E-state index in [1.807, 2.05) is 25.1 Å². The number of benzene rings is 1. The molecule has 1 aliphatic heterocycles. The van der Waals surface area contributed by atoms with E-state index in [1.165, 1.54) is 4.57 Å². The molecule has 1 atom stereocenters. The van der Waals surface area contributed by atoms with Crippen LogP contribution in [0, 0.1) is 6.92 Å². The maximum Gasteiger partial charge on any atom is 0.329 e. The zero-order valence-electron chi connectivity index (χ0n) is 11.3. The van der Waals surface area contributed by atoms with E-state index in [0.29, 0.717) is 6.42 Å². The molecule has 2 aromatic rings. The highest BCUT2D eigenvalue weighted by Gasteiger charge is 2.31. The molecule has 104 valence electrons. The van der Waals surface area contributed by atoms with E-state index in [2.05, 4.69) is 5.32 Å². The van der Waals surface area contributed by atoms with E-state index in [-0.39, 0.29) is 18.0 Å². The Hall–Kier alpha value is -2.37. The summed E-state index contributed by atoms with van der Waals surface area (Å²) in [6.07, 6.45) is 0.614. The predicted octanol–water partition coefficient (Wildman–Crippen LogP) is 0.626. The molecule has 0 saturated carbocycles. The number of piperidine rings is 1. The van der Waals surface area contributed by atoms with Gasteiger partial charge in [-0.25, -0.2) is 4.79 Å². The number of imidazole rings is 1. The summed E-state index contributed by atoms with van der Waals surface area (Å²) in [6.45, 7) is 1.93. The first kappa shape index (κ1) is 12.7. The maximum absolute atomic E-state index is 12.4. The van der Waals surface area contributed by atoms with Crippen molar-refractivity contribution >= 4 is 22.8 Å². The van der Waals surface area contributed by atoms with Gasteiger partial charge in [0.25, 0.3) is 0 Å². The highest BCUT2D eigenvalue weighted by Crippen LogP contribution is 2.24. The largest absolute Gasteiger partial charge is 0.329 e. The summed E-state index contributed by atoms with van der Waals surface area (Å²) < 4.78 is 3.04. The summed E-state index contributed by atoms with van der Waals surface area (Å²) in [6, 6.07) is 4.99. The molecule has 0 aliphatic carbocycles. The minimum atomic E-state index is -0.620. The van der Waals surface area contributed by atoms with Crippen molar-refractivity contribution < 1.29 is 9.59 Å². The number of carbonyl (C=O) groups is 2. The Bertz CT molecular complexity index is 785. The Morgan fingerprint density at radius 2 is 2.00 bits per heavy atom. The van der Waals surface area contributed by atoms with Crippen molar-refractivity contribution in [2.75, 3.05) is 0 Å². The molecule has 0 spiro atoms. The molecule has 2 heterocycles. The lowest BCUT2D eigenvalue weighted by Crippen LogP contribution is -2.44. The first-order valence-corrected chi connectivity index (χ1v) is 6.51. The van der Waals surface area contributed by atoms with Gasteiger partial charge in [0.1, 0.15) is 6.04 Å². The molecule has 6 nitrogen and oxygen atoms in total. The van der Waals surface area contributed by atoms with Crippen molar-refractivity contribution in [2.24, 2.45) is 7.05 Å². The van der Waals surface area contributed by atoms with Gasteiger partial charge in [0.2, 0.25) is 11.8 Å². The SMILES string of the molecule is Cc1cccc2c1n(C)c(=O)n2C1CCC(=O)NC1=O. The van der Waals surface area contributed by atoms with Gasteiger partial charge in [-0.05, 0) is 25.0 Å². The molecule has 1 N–H and O–H groups in total. The molecule has 1 fully saturated rings. The van der Waals surface area contributed by atoms with Crippen LogP contribution in [0.25, 0.3) is 11.0 Å². The van der Waals surface area contributed by atoms with Gasteiger partial charge < -0.3 is 0 Å². The molecule has 2 amide bonds. The van der Waals surface area contributed by atoms with E-state index < -0.39 is 11.9 Å². The summed E-state index contributed by atoms with van der Waals surface area (Å²) in [5.41, 5.74) is 2.30. The monoisotopic (exact) mass is 273 g/mol. The first-order chi connectivity index (χ1) is 9.50. The third-order valence-corrected chi connectivity index (χ3v) is 3.83.